The monoisotopic (exact) mass is 310 g/mol. The van der Waals surface area contributed by atoms with Gasteiger partial charge in [-0.15, -0.1) is 0 Å². The summed E-state index contributed by atoms with van der Waals surface area (Å²) in [6.45, 7) is 2.33. The topological polar surface area (TPSA) is 77.9 Å². The molecule has 1 amide bonds. The Morgan fingerprint density at radius 2 is 2.05 bits per heavy atom. The van der Waals surface area contributed by atoms with Gasteiger partial charge in [0.25, 0.3) is 5.91 Å². The van der Waals surface area contributed by atoms with Gasteiger partial charge in [0.15, 0.2) is 15.9 Å². The Bertz CT molecular complexity index is 701. The number of likely N-dealkylation sites (N-methyl/N-ethyl adjacent to an activating group) is 1. The molecule has 0 spiro atoms. The van der Waals surface area contributed by atoms with E-state index in [0.29, 0.717) is 17.8 Å². The lowest BCUT2D eigenvalue weighted by atomic mass is 10.1. The molecular formula is C14H18N2O4S. The number of hydrogen-bond acceptors (Lipinski definition) is 5. The third kappa shape index (κ3) is 2.30. The van der Waals surface area contributed by atoms with Crippen LogP contribution in [0.3, 0.4) is 0 Å². The van der Waals surface area contributed by atoms with Crippen LogP contribution in [0.2, 0.25) is 0 Å². The smallest absolute Gasteiger partial charge is 0.260 e. The molecule has 1 aromatic rings. The van der Waals surface area contributed by atoms with Gasteiger partial charge in [-0.1, -0.05) is 6.07 Å². The van der Waals surface area contributed by atoms with Gasteiger partial charge in [-0.25, -0.2) is 8.42 Å². The number of anilines is 2. The first-order chi connectivity index (χ1) is 9.80. The molecule has 1 fully saturated rings. The highest BCUT2D eigenvalue weighted by Gasteiger charge is 2.35. The second-order valence-electron chi connectivity index (χ2n) is 5.70. The van der Waals surface area contributed by atoms with Crippen molar-refractivity contribution in [1.82, 2.24) is 0 Å². The van der Waals surface area contributed by atoms with Crippen molar-refractivity contribution in [2.75, 3.05) is 34.9 Å². The molecule has 7 heteroatoms. The van der Waals surface area contributed by atoms with Crippen LogP contribution in [0.1, 0.15) is 18.6 Å². The first-order valence-corrected chi connectivity index (χ1v) is 8.69. The van der Waals surface area contributed by atoms with E-state index in [4.69, 9.17) is 0 Å². The van der Waals surface area contributed by atoms with Crippen LogP contribution >= 0.6 is 0 Å². The van der Waals surface area contributed by atoms with Crippen molar-refractivity contribution in [3.05, 3.63) is 23.8 Å². The number of benzene rings is 1. The molecule has 21 heavy (non-hydrogen) atoms. The van der Waals surface area contributed by atoms with E-state index < -0.39 is 15.9 Å². The average Bonchev–Trinajstić information content (AvgIpc) is 2.63. The molecule has 0 aliphatic carbocycles. The van der Waals surface area contributed by atoms with Crippen LogP contribution in [-0.4, -0.2) is 50.6 Å². The first-order valence-electron chi connectivity index (χ1n) is 6.87. The minimum Gasteiger partial charge on any atom is -0.378 e. The summed E-state index contributed by atoms with van der Waals surface area (Å²) in [6, 6.07) is 5.32. The van der Waals surface area contributed by atoms with Gasteiger partial charge in [-0.2, -0.15) is 0 Å². The van der Waals surface area contributed by atoms with E-state index >= 15 is 0 Å². The Kier molecular flexibility index (Phi) is 3.22. The number of nitrogens with zero attached hydrogens (tertiary/aromatic N) is 2. The van der Waals surface area contributed by atoms with Crippen molar-refractivity contribution in [2.24, 2.45) is 0 Å². The summed E-state index contributed by atoms with van der Waals surface area (Å²) in [5, 5.41) is 9.86. The van der Waals surface area contributed by atoms with Crippen molar-refractivity contribution in [3.8, 4) is 0 Å². The molecule has 2 atom stereocenters. The molecular weight excluding hydrogens is 292 g/mol. The Balaban J connectivity index is 1.94. The number of sulfone groups is 1. The largest absolute Gasteiger partial charge is 0.378 e. The van der Waals surface area contributed by atoms with Crippen LogP contribution < -0.4 is 9.80 Å². The number of amides is 1. The lowest BCUT2D eigenvalue weighted by molar-refractivity contribution is -0.125. The Morgan fingerprint density at radius 1 is 1.33 bits per heavy atom. The third-order valence-corrected chi connectivity index (χ3v) is 6.03. The molecule has 6 nitrogen and oxygen atoms in total. The number of hydrogen-bond donors (Lipinski definition) is 1. The van der Waals surface area contributed by atoms with Crippen LogP contribution in [0, 0.1) is 0 Å². The Hall–Kier alpha value is -1.60. The van der Waals surface area contributed by atoms with Gasteiger partial charge in [0, 0.05) is 30.9 Å². The van der Waals surface area contributed by atoms with Gasteiger partial charge in [0.2, 0.25) is 0 Å². The molecule has 0 saturated carbocycles. The van der Waals surface area contributed by atoms with Gasteiger partial charge in [0.1, 0.15) is 0 Å². The van der Waals surface area contributed by atoms with Gasteiger partial charge >= 0.3 is 0 Å². The lowest BCUT2D eigenvalue weighted by Crippen LogP contribution is -2.47. The van der Waals surface area contributed by atoms with E-state index in [0.717, 1.165) is 5.69 Å². The van der Waals surface area contributed by atoms with E-state index in [1.54, 1.807) is 13.1 Å². The van der Waals surface area contributed by atoms with Crippen LogP contribution in [0.4, 0.5) is 11.4 Å². The van der Waals surface area contributed by atoms with E-state index in [-0.39, 0.29) is 23.5 Å². The fraction of sp³-hybridized carbons (Fsp3) is 0.500. The molecule has 0 radical (unpaired) electrons. The second-order valence-corrected chi connectivity index (χ2v) is 7.93. The molecule has 0 aromatic heterocycles. The normalized spacial score (nSPS) is 27.9. The van der Waals surface area contributed by atoms with Crippen LogP contribution in [0.25, 0.3) is 0 Å². The van der Waals surface area contributed by atoms with E-state index in [1.165, 1.54) is 4.90 Å². The zero-order valence-corrected chi connectivity index (χ0v) is 12.8. The van der Waals surface area contributed by atoms with E-state index in [2.05, 4.69) is 0 Å². The van der Waals surface area contributed by atoms with Crippen molar-refractivity contribution in [3.63, 3.8) is 0 Å². The number of rotatable bonds is 1. The molecule has 3 rings (SSSR count). The fourth-order valence-electron chi connectivity index (χ4n) is 3.05. The Morgan fingerprint density at radius 3 is 2.71 bits per heavy atom. The van der Waals surface area contributed by atoms with Gasteiger partial charge < -0.3 is 14.9 Å². The highest BCUT2D eigenvalue weighted by atomic mass is 32.2. The third-order valence-electron chi connectivity index (χ3n) is 4.24. The fourth-order valence-corrected chi connectivity index (χ4v) is 4.61. The summed E-state index contributed by atoms with van der Waals surface area (Å²) in [6.07, 6.45) is -1.10. The summed E-state index contributed by atoms with van der Waals surface area (Å²) in [7, 11) is -1.33. The Labute approximate surface area is 123 Å². The summed E-state index contributed by atoms with van der Waals surface area (Å²) in [5.41, 5.74) is 2.17. The quantitative estimate of drug-likeness (QED) is 0.808. The maximum atomic E-state index is 11.8. The number of carbonyl (C=O) groups is 1. The van der Waals surface area contributed by atoms with Crippen LogP contribution in [0.5, 0.6) is 0 Å². The summed E-state index contributed by atoms with van der Waals surface area (Å²) in [4.78, 5) is 15.3. The summed E-state index contributed by atoms with van der Waals surface area (Å²) >= 11 is 0. The molecule has 1 aromatic carbocycles. The van der Waals surface area contributed by atoms with E-state index in [1.807, 2.05) is 24.0 Å². The number of carbonyl (C=O) groups excluding carboxylic acids is 1. The number of fused-ring (bicyclic) bond motifs is 1. The minimum absolute atomic E-state index is 0.103. The van der Waals surface area contributed by atoms with E-state index in [9.17, 15) is 18.3 Å². The molecule has 2 unspecified atom stereocenters. The summed E-state index contributed by atoms with van der Waals surface area (Å²) < 4.78 is 23.3. The SMILES string of the molecule is CC1CS(=O)(=O)CCN1c1ccc2c(c1)N(C)C(=O)C2O. The van der Waals surface area contributed by atoms with Crippen LogP contribution in [0.15, 0.2) is 18.2 Å². The number of aliphatic hydroxyl groups is 1. The molecule has 2 heterocycles. The van der Waals surface area contributed by atoms with Crippen molar-refractivity contribution < 1.29 is 18.3 Å². The molecule has 1 saturated heterocycles. The highest BCUT2D eigenvalue weighted by molar-refractivity contribution is 7.91. The first kappa shape index (κ1) is 14.3. The highest BCUT2D eigenvalue weighted by Crippen LogP contribution is 2.38. The van der Waals surface area contributed by atoms with Crippen LogP contribution in [-0.2, 0) is 14.6 Å². The molecule has 0 bridgehead atoms. The molecule has 114 valence electrons. The predicted molar refractivity (Wildman–Crippen MR) is 80.3 cm³/mol. The minimum atomic E-state index is -2.96. The standard InChI is InChI=1S/C14H18N2O4S/c1-9-8-21(19,20)6-5-16(9)10-3-4-11-12(7-10)15(2)14(18)13(11)17/h3-4,7,9,13,17H,5-6,8H2,1-2H3. The zero-order valence-electron chi connectivity index (χ0n) is 12.0. The predicted octanol–water partition coefficient (Wildman–Crippen LogP) is 0.320. The molecule has 2 aliphatic rings. The van der Waals surface area contributed by atoms with Gasteiger partial charge in [0.05, 0.1) is 17.2 Å². The van der Waals surface area contributed by atoms with Crippen molar-refractivity contribution in [2.45, 2.75) is 19.1 Å². The maximum absolute atomic E-state index is 11.8. The van der Waals surface area contributed by atoms with Crippen molar-refractivity contribution >= 4 is 27.1 Å². The zero-order chi connectivity index (χ0) is 15.4. The number of aliphatic hydroxyl groups excluding tert-OH is 1. The second kappa shape index (κ2) is 4.71. The van der Waals surface area contributed by atoms with Gasteiger partial charge in [-0.3, -0.25) is 4.79 Å². The lowest BCUT2D eigenvalue weighted by Gasteiger charge is -2.35. The summed E-state index contributed by atoms with van der Waals surface area (Å²) in [5.74, 6) is -0.0516. The molecule has 1 N–H and O–H groups in total. The molecule has 2 aliphatic heterocycles. The maximum Gasteiger partial charge on any atom is 0.260 e. The average molecular weight is 310 g/mol. The van der Waals surface area contributed by atoms with Gasteiger partial charge in [-0.05, 0) is 19.1 Å². The van der Waals surface area contributed by atoms with Crippen molar-refractivity contribution in [1.29, 1.82) is 0 Å².